The summed E-state index contributed by atoms with van der Waals surface area (Å²) in [5, 5.41) is 0. The second-order valence-corrected chi connectivity index (χ2v) is 17.7. The van der Waals surface area contributed by atoms with Gasteiger partial charge >= 0.3 is 17.9 Å². The molecular formula is C60H100O6. The van der Waals surface area contributed by atoms with E-state index in [9.17, 15) is 14.4 Å². The van der Waals surface area contributed by atoms with E-state index in [4.69, 9.17) is 14.2 Å². The minimum Gasteiger partial charge on any atom is -0.462 e. The Morgan fingerprint density at radius 3 is 1.05 bits per heavy atom. The first-order valence-electron chi connectivity index (χ1n) is 27.2. The summed E-state index contributed by atoms with van der Waals surface area (Å²) in [7, 11) is 0. The maximum Gasteiger partial charge on any atom is 0.306 e. The summed E-state index contributed by atoms with van der Waals surface area (Å²) in [6.07, 6.45) is 71.1. The first-order chi connectivity index (χ1) is 32.5. The predicted octanol–water partition coefficient (Wildman–Crippen LogP) is 18.1. The van der Waals surface area contributed by atoms with E-state index >= 15 is 0 Å². The van der Waals surface area contributed by atoms with Gasteiger partial charge < -0.3 is 14.2 Å². The molecule has 0 amide bonds. The highest BCUT2D eigenvalue weighted by atomic mass is 16.6. The Labute approximate surface area is 407 Å². The molecule has 66 heavy (non-hydrogen) atoms. The number of allylic oxidation sites excluding steroid dienone is 16. The maximum atomic E-state index is 12.8. The van der Waals surface area contributed by atoms with Crippen molar-refractivity contribution in [1.82, 2.24) is 0 Å². The summed E-state index contributed by atoms with van der Waals surface area (Å²) < 4.78 is 16.8. The third-order valence-electron chi connectivity index (χ3n) is 11.3. The van der Waals surface area contributed by atoms with Crippen LogP contribution in [0.25, 0.3) is 0 Å². The predicted molar refractivity (Wildman–Crippen MR) is 284 cm³/mol. The minimum atomic E-state index is -0.809. The van der Waals surface area contributed by atoms with E-state index < -0.39 is 6.10 Å². The number of rotatable bonds is 48. The fourth-order valence-electron chi connectivity index (χ4n) is 7.19. The van der Waals surface area contributed by atoms with Gasteiger partial charge in [0.05, 0.1) is 0 Å². The van der Waals surface area contributed by atoms with Crippen molar-refractivity contribution in [3.05, 3.63) is 97.2 Å². The topological polar surface area (TPSA) is 78.9 Å². The van der Waals surface area contributed by atoms with E-state index in [1.54, 1.807) is 0 Å². The quantitative estimate of drug-likeness (QED) is 0.0262. The van der Waals surface area contributed by atoms with Gasteiger partial charge in [0.25, 0.3) is 0 Å². The van der Waals surface area contributed by atoms with Gasteiger partial charge in [-0.05, 0) is 109 Å². The van der Waals surface area contributed by atoms with Crippen molar-refractivity contribution in [1.29, 1.82) is 0 Å². The van der Waals surface area contributed by atoms with E-state index in [1.165, 1.54) is 96.3 Å². The van der Waals surface area contributed by atoms with Crippen LogP contribution in [-0.4, -0.2) is 37.2 Å². The van der Waals surface area contributed by atoms with Crippen LogP contribution in [0.4, 0.5) is 0 Å². The average molecular weight is 917 g/mol. The van der Waals surface area contributed by atoms with Gasteiger partial charge in [0.2, 0.25) is 0 Å². The number of carbonyl (C=O) groups is 3. The van der Waals surface area contributed by atoms with Crippen LogP contribution >= 0.6 is 0 Å². The Bertz CT molecular complexity index is 1330. The summed E-state index contributed by atoms with van der Waals surface area (Å²) in [5.74, 6) is -0.983. The molecule has 0 heterocycles. The largest absolute Gasteiger partial charge is 0.462 e. The fraction of sp³-hybridized carbons (Fsp3) is 0.683. The summed E-state index contributed by atoms with van der Waals surface area (Å²) in [6, 6.07) is 0. The Kier molecular flexibility index (Phi) is 50.9. The summed E-state index contributed by atoms with van der Waals surface area (Å²) in [6.45, 7) is 6.41. The van der Waals surface area contributed by atoms with Crippen LogP contribution < -0.4 is 0 Å². The van der Waals surface area contributed by atoms with Gasteiger partial charge in [0.15, 0.2) is 6.10 Å². The molecule has 0 aromatic rings. The number of carbonyl (C=O) groups excluding carboxylic acids is 3. The molecule has 6 nitrogen and oxygen atoms in total. The SMILES string of the molecule is CC/C=C\C/C=C\C/C=C\C/C=C\C/C=C\CCCC(=O)OCC(COC(=O)CCCCCCC/C=C\C/C=C\CCCC)OC(=O)CCCCCCCCC/C=C\CCCCCCCC. The number of hydrogen-bond acceptors (Lipinski definition) is 6. The Morgan fingerprint density at radius 2 is 0.621 bits per heavy atom. The Balaban J connectivity index is 4.50. The maximum absolute atomic E-state index is 12.8. The number of unbranched alkanes of at least 4 members (excludes halogenated alkanes) is 21. The van der Waals surface area contributed by atoms with Crippen LogP contribution in [0.15, 0.2) is 97.2 Å². The van der Waals surface area contributed by atoms with Crippen molar-refractivity contribution in [2.45, 2.75) is 252 Å². The standard InChI is InChI=1S/C60H100O6/c1-4-7-10-13-16-19-22-25-28-30-32-35-38-41-44-47-50-53-59(62)65-56-57(55-64-58(61)52-49-46-43-40-37-34-27-24-21-18-15-12-9-6-3)66-60(63)54-51-48-45-42-39-36-33-31-29-26-23-20-17-14-11-8-5-2/h7,10,15-16,18-19,24-29,32,35,41,44,57H,4-6,8-9,11-14,17,20-23,30-31,33-34,36-40,42-43,45-56H2,1-3H3/b10-7-,18-15-,19-16-,27-24-,28-25-,29-26-,35-32-,44-41-. The van der Waals surface area contributed by atoms with E-state index in [1.807, 2.05) is 0 Å². The normalized spacial score (nSPS) is 12.8. The van der Waals surface area contributed by atoms with Crippen molar-refractivity contribution in [3.8, 4) is 0 Å². The molecule has 0 aliphatic rings. The van der Waals surface area contributed by atoms with E-state index in [2.05, 4.69) is 118 Å². The van der Waals surface area contributed by atoms with Gasteiger partial charge in [-0.2, -0.15) is 0 Å². The first-order valence-corrected chi connectivity index (χ1v) is 27.2. The molecule has 376 valence electrons. The number of ether oxygens (including phenoxy) is 3. The lowest BCUT2D eigenvalue weighted by Crippen LogP contribution is -2.30. The molecule has 0 bridgehead atoms. The van der Waals surface area contributed by atoms with Crippen molar-refractivity contribution < 1.29 is 28.6 Å². The molecule has 0 saturated carbocycles. The molecule has 0 N–H and O–H groups in total. The highest BCUT2D eigenvalue weighted by Gasteiger charge is 2.19. The zero-order chi connectivity index (χ0) is 47.9. The van der Waals surface area contributed by atoms with Gasteiger partial charge in [0.1, 0.15) is 13.2 Å². The zero-order valence-electron chi connectivity index (χ0n) is 42.9. The fourth-order valence-corrected chi connectivity index (χ4v) is 7.19. The van der Waals surface area contributed by atoms with Gasteiger partial charge in [-0.1, -0.05) is 214 Å². The molecule has 0 fully saturated rings. The first kappa shape index (κ1) is 62.3. The molecule has 0 radical (unpaired) electrons. The Hall–Kier alpha value is -3.67. The molecule has 0 aliphatic carbocycles. The molecule has 0 saturated heterocycles. The van der Waals surface area contributed by atoms with E-state index in [0.29, 0.717) is 19.3 Å². The molecule has 0 aromatic heterocycles. The number of hydrogen-bond donors (Lipinski definition) is 0. The molecular weight excluding hydrogens is 817 g/mol. The van der Waals surface area contributed by atoms with Gasteiger partial charge in [-0.3, -0.25) is 14.4 Å². The molecule has 0 aromatic carbocycles. The van der Waals surface area contributed by atoms with Gasteiger partial charge in [-0.25, -0.2) is 0 Å². The lowest BCUT2D eigenvalue weighted by atomic mass is 10.1. The van der Waals surface area contributed by atoms with Gasteiger partial charge in [-0.15, -0.1) is 0 Å². The van der Waals surface area contributed by atoms with E-state index in [0.717, 1.165) is 103 Å². The van der Waals surface area contributed by atoms with Crippen LogP contribution in [0.1, 0.15) is 245 Å². The van der Waals surface area contributed by atoms with Crippen molar-refractivity contribution in [2.75, 3.05) is 13.2 Å². The van der Waals surface area contributed by atoms with Crippen LogP contribution in [0.2, 0.25) is 0 Å². The molecule has 1 unspecified atom stereocenters. The Morgan fingerprint density at radius 1 is 0.318 bits per heavy atom. The lowest BCUT2D eigenvalue weighted by Gasteiger charge is -2.18. The summed E-state index contributed by atoms with van der Waals surface area (Å²) in [4.78, 5) is 38.1. The molecule has 0 aliphatic heterocycles. The summed E-state index contributed by atoms with van der Waals surface area (Å²) in [5.41, 5.74) is 0. The monoisotopic (exact) mass is 917 g/mol. The molecule has 1 atom stereocenters. The smallest absolute Gasteiger partial charge is 0.306 e. The van der Waals surface area contributed by atoms with Crippen molar-refractivity contribution >= 4 is 17.9 Å². The van der Waals surface area contributed by atoms with Crippen LogP contribution in [0.5, 0.6) is 0 Å². The second kappa shape index (κ2) is 53.9. The average Bonchev–Trinajstić information content (AvgIpc) is 3.31. The van der Waals surface area contributed by atoms with Crippen molar-refractivity contribution in [3.63, 3.8) is 0 Å². The van der Waals surface area contributed by atoms with E-state index in [-0.39, 0.29) is 37.5 Å². The number of esters is 3. The van der Waals surface area contributed by atoms with Crippen LogP contribution in [0.3, 0.4) is 0 Å². The van der Waals surface area contributed by atoms with Crippen molar-refractivity contribution in [2.24, 2.45) is 0 Å². The highest BCUT2D eigenvalue weighted by molar-refractivity contribution is 5.71. The molecule has 0 rings (SSSR count). The summed E-state index contributed by atoms with van der Waals surface area (Å²) >= 11 is 0. The molecule has 6 heteroatoms. The third-order valence-corrected chi connectivity index (χ3v) is 11.3. The molecule has 0 spiro atoms. The highest BCUT2D eigenvalue weighted by Crippen LogP contribution is 2.14. The second-order valence-electron chi connectivity index (χ2n) is 17.7. The van der Waals surface area contributed by atoms with Crippen LogP contribution in [0, 0.1) is 0 Å². The minimum absolute atomic E-state index is 0.105. The lowest BCUT2D eigenvalue weighted by molar-refractivity contribution is -0.167. The zero-order valence-corrected chi connectivity index (χ0v) is 42.9. The van der Waals surface area contributed by atoms with Crippen LogP contribution in [-0.2, 0) is 28.6 Å². The third kappa shape index (κ3) is 51.3. The van der Waals surface area contributed by atoms with Gasteiger partial charge in [0, 0.05) is 19.3 Å².